The lowest BCUT2D eigenvalue weighted by Gasteiger charge is -2.22. The van der Waals surface area contributed by atoms with Gasteiger partial charge in [0, 0.05) is 6.54 Å². The van der Waals surface area contributed by atoms with Crippen molar-refractivity contribution < 1.29 is 23.1 Å². The van der Waals surface area contributed by atoms with Crippen LogP contribution in [0.1, 0.15) is 13.8 Å². The quantitative estimate of drug-likeness (QED) is 0.754. The smallest absolute Gasteiger partial charge is 0.323 e. The minimum Gasteiger partial charge on any atom is -0.480 e. The third-order valence-corrected chi connectivity index (χ3v) is 5.42. The van der Waals surface area contributed by atoms with Crippen LogP contribution in [0, 0.1) is 0 Å². The highest BCUT2D eigenvalue weighted by molar-refractivity contribution is 7.91. The lowest BCUT2D eigenvalue weighted by molar-refractivity contribution is -0.144. The van der Waals surface area contributed by atoms with Crippen LogP contribution in [0.15, 0.2) is 21.7 Å². The fourth-order valence-electron chi connectivity index (χ4n) is 1.54. The number of rotatable bonds is 7. The Labute approximate surface area is 121 Å². The molecule has 1 amide bonds. The number of amides is 1. The van der Waals surface area contributed by atoms with Crippen molar-refractivity contribution in [1.29, 1.82) is 0 Å². The third-order valence-electron chi connectivity index (χ3n) is 2.48. The van der Waals surface area contributed by atoms with E-state index in [0.29, 0.717) is 0 Å². The molecule has 0 saturated heterocycles. The molecule has 9 heteroatoms. The number of nitrogens with one attached hydrogen (secondary N) is 1. The number of aliphatic carboxylic acids is 1. The zero-order valence-electron chi connectivity index (χ0n) is 11.1. The Morgan fingerprint density at radius 1 is 1.50 bits per heavy atom. The first-order chi connectivity index (χ1) is 9.27. The number of hydrogen-bond acceptors (Lipinski definition) is 5. The standard InChI is InChI=1S/C11H16N2O5S2/c1-3-13(7-9(14)15)11(16)8(2)12-20(17,18)10-5-4-6-19-10/h4-6,8,12H,3,7H2,1-2H3,(H,14,15). The van der Waals surface area contributed by atoms with Gasteiger partial charge in [0.25, 0.3) is 10.0 Å². The summed E-state index contributed by atoms with van der Waals surface area (Å²) in [6, 6.07) is 1.99. The molecule has 0 radical (unpaired) electrons. The lowest BCUT2D eigenvalue weighted by atomic mass is 10.3. The van der Waals surface area contributed by atoms with Gasteiger partial charge in [-0.15, -0.1) is 11.3 Å². The van der Waals surface area contributed by atoms with Crippen LogP contribution in [0.2, 0.25) is 0 Å². The Kier molecular flexibility index (Phi) is 5.66. The molecule has 20 heavy (non-hydrogen) atoms. The van der Waals surface area contributed by atoms with E-state index < -0.39 is 34.5 Å². The van der Waals surface area contributed by atoms with Crippen LogP contribution in [0.25, 0.3) is 0 Å². The highest BCUT2D eigenvalue weighted by Crippen LogP contribution is 2.16. The Morgan fingerprint density at radius 3 is 2.60 bits per heavy atom. The SMILES string of the molecule is CCN(CC(=O)O)C(=O)C(C)NS(=O)(=O)c1cccs1. The summed E-state index contributed by atoms with van der Waals surface area (Å²) in [5, 5.41) is 10.3. The van der Waals surface area contributed by atoms with E-state index >= 15 is 0 Å². The molecule has 1 aromatic heterocycles. The minimum absolute atomic E-state index is 0.110. The summed E-state index contributed by atoms with van der Waals surface area (Å²) in [5.41, 5.74) is 0. The van der Waals surface area contributed by atoms with Crippen molar-refractivity contribution in [3.63, 3.8) is 0 Å². The number of carboxylic acid groups (broad SMARTS) is 1. The van der Waals surface area contributed by atoms with E-state index in [2.05, 4.69) is 4.72 Å². The average molecular weight is 320 g/mol. The topological polar surface area (TPSA) is 104 Å². The van der Waals surface area contributed by atoms with E-state index in [4.69, 9.17) is 5.11 Å². The summed E-state index contributed by atoms with van der Waals surface area (Å²) in [6.45, 7) is 2.75. The van der Waals surface area contributed by atoms with E-state index in [-0.39, 0.29) is 10.8 Å². The van der Waals surface area contributed by atoms with Gasteiger partial charge in [-0.25, -0.2) is 8.42 Å². The van der Waals surface area contributed by atoms with E-state index in [1.54, 1.807) is 18.4 Å². The van der Waals surface area contributed by atoms with E-state index in [1.165, 1.54) is 13.0 Å². The summed E-state index contributed by atoms with van der Waals surface area (Å²) >= 11 is 1.04. The van der Waals surface area contributed by atoms with Crippen molar-refractivity contribution in [3.8, 4) is 0 Å². The Morgan fingerprint density at radius 2 is 2.15 bits per heavy atom. The molecule has 0 saturated carbocycles. The Balaban J connectivity index is 2.77. The number of sulfonamides is 1. The maximum Gasteiger partial charge on any atom is 0.323 e. The Bertz CT molecular complexity index is 568. The van der Waals surface area contributed by atoms with Gasteiger partial charge in [0.1, 0.15) is 10.8 Å². The third kappa shape index (κ3) is 4.29. The van der Waals surface area contributed by atoms with Crippen LogP contribution >= 0.6 is 11.3 Å². The Hall–Kier alpha value is -1.45. The van der Waals surface area contributed by atoms with Gasteiger partial charge in [-0.2, -0.15) is 4.72 Å². The highest BCUT2D eigenvalue weighted by atomic mass is 32.2. The van der Waals surface area contributed by atoms with Crippen molar-refractivity contribution in [2.45, 2.75) is 24.1 Å². The van der Waals surface area contributed by atoms with Gasteiger partial charge in [0.05, 0.1) is 6.04 Å². The van der Waals surface area contributed by atoms with E-state index in [0.717, 1.165) is 16.2 Å². The summed E-state index contributed by atoms with van der Waals surface area (Å²) in [4.78, 5) is 23.7. The molecule has 1 heterocycles. The van der Waals surface area contributed by atoms with Crippen LogP contribution in [-0.4, -0.2) is 49.4 Å². The van der Waals surface area contributed by atoms with Gasteiger partial charge in [-0.3, -0.25) is 9.59 Å². The number of likely N-dealkylation sites (N-methyl/N-ethyl adjacent to an activating group) is 1. The summed E-state index contributed by atoms with van der Waals surface area (Å²) < 4.78 is 26.3. The first-order valence-electron chi connectivity index (χ1n) is 5.84. The fourth-order valence-corrected chi connectivity index (χ4v) is 3.75. The fraction of sp³-hybridized carbons (Fsp3) is 0.455. The minimum atomic E-state index is -3.76. The van der Waals surface area contributed by atoms with Gasteiger partial charge in [-0.05, 0) is 25.3 Å². The molecule has 1 rings (SSSR count). The van der Waals surface area contributed by atoms with Gasteiger partial charge < -0.3 is 10.0 Å². The van der Waals surface area contributed by atoms with Gasteiger partial charge >= 0.3 is 5.97 Å². The number of hydrogen-bond donors (Lipinski definition) is 2. The van der Waals surface area contributed by atoms with E-state index in [1.807, 2.05) is 0 Å². The average Bonchev–Trinajstić information content (AvgIpc) is 2.88. The largest absolute Gasteiger partial charge is 0.480 e. The monoisotopic (exact) mass is 320 g/mol. The maximum absolute atomic E-state index is 12.0. The maximum atomic E-state index is 12.0. The molecule has 0 aliphatic rings. The predicted octanol–water partition coefficient (Wildman–Crippen LogP) is 0.348. The molecule has 1 unspecified atom stereocenters. The molecule has 7 nitrogen and oxygen atoms in total. The van der Waals surface area contributed by atoms with Crippen molar-refractivity contribution in [2.24, 2.45) is 0 Å². The molecule has 0 fully saturated rings. The first-order valence-corrected chi connectivity index (χ1v) is 8.20. The van der Waals surface area contributed by atoms with Crippen LogP contribution < -0.4 is 4.72 Å². The molecule has 1 aromatic rings. The molecule has 0 aliphatic heterocycles. The predicted molar refractivity (Wildman–Crippen MR) is 74.0 cm³/mol. The molecule has 0 aromatic carbocycles. The molecule has 112 valence electrons. The van der Waals surface area contributed by atoms with Crippen LogP contribution in [-0.2, 0) is 19.6 Å². The second-order valence-electron chi connectivity index (χ2n) is 4.02. The second-order valence-corrected chi connectivity index (χ2v) is 6.91. The summed E-state index contributed by atoms with van der Waals surface area (Å²) in [6.07, 6.45) is 0. The number of thiophene rings is 1. The van der Waals surface area contributed by atoms with Crippen molar-refractivity contribution in [3.05, 3.63) is 17.5 Å². The number of carbonyl (C=O) groups is 2. The molecular formula is C11H16N2O5S2. The first kappa shape index (κ1) is 16.6. The zero-order valence-corrected chi connectivity index (χ0v) is 12.7. The molecule has 2 N–H and O–H groups in total. The number of carboxylic acids is 1. The molecular weight excluding hydrogens is 304 g/mol. The molecule has 1 atom stereocenters. The van der Waals surface area contributed by atoms with Crippen LogP contribution in [0.5, 0.6) is 0 Å². The van der Waals surface area contributed by atoms with Crippen LogP contribution in [0.4, 0.5) is 0 Å². The van der Waals surface area contributed by atoms with Gasteiger partial charge in [0.15, 0.2) is 0 Å². The second kappa shape index (κ2) is 6.82. The summed E-state index contributed by atoms with van der Waals surface area (Å²) in [7, 11) is -3.76. The normalized spacial score (nSPS) is 12.9. The molecule has 0 bridgehead atoms. The van der Waals surface area contributed by atoms with Crippen molar-refractivity contribution in [1.82, 2.24) is 9.62 Å². The van der Waals surface area contributed by atoms with Gasteiger partial charge in [-0.1, -0.05) is 6.07 Å². The van der Waals surface area contributed by atoms with Crippen molar-refractivity contribution in [2.75, 3.05) is 13.1 Å². The molecule has 0 spiro atoms. The zero-order chi connectivity index (χ0) is 15.3. The van der Waals surface area contributed by atoms with E-state index in [9.17, 15) is 18.0 Å². The number of nitrogens with zero attached hydrogens (tertiary/aromatic N) is 1. The lowest BCUT2D eigenvalue weighted by Crippen LogP contribution is -2.48. The van der Waals surface area contributed by atoms with Gasteiger partial charge in [0.2, 0.25) is 5.91 Å². The summed E-state index contributed by atoms with van der Waals surface area (Å²) in [5.74, 6) is -1.72. The van der Waals surface area contributed by atoms with Crippen molar-refractivity contribution >= 4 is 33.2 Å². The van der Waals surface area contributed by atoms with Crippen LogP contribution in [0.3, 0.4) is 0 Å². The number of carbonyl (C=O) groups excluding carboxylic acids is 1. The molecule has 0 aliphatic carbocycles. The highest BCUT2D eigenvalue weighted by Gasteiger charge is 2.26.